The van der Waals surface area contributed by atoms with Gasteiger partial charge in [0.25, 0.3) is 0 Å². The maximum Gasteiger partial charge on any atom is 0.167 e. The summed E-state index contributed by atoms with van der Waals surface area (Å²) in [5.41, 5.74) is 2.06. The third kappa shape index (κ3) is 3.43. The van der Waals surface area contributed by atoms with E-state index in [2.05, 4.69) is 15.9 Å². The molecule has 19 heavy (non-hydrogen) atoms. The van der Waals surface area contributed by atoms with Crippen molar-refractivity contribution in [3.05, 3.63) is 68.4 Å². The Morgan fingerprint density at radius 3 is 2.74 bits per heavy atom. The fourth-order valence-electron chi connectivity index (χ4n) is 1.84. The van der Waals surface area contributed by atoms with Gasteiger partial charge in [0.15, 0.2) is 5.78 Å². The Morgan fingerprint density at radius 2 is 2.00 bits per heavy atom. The number of carbonyl (C=O) groups excluding carboxylic acids is 1. The van der Waals surface area contributed by atoms with Crippen molar-refractivity contribution in [1.29, 1.82) is 0 Å². The van der Waals surface area contributed by atoms with E-state index in [9.17, 15) is 9.18 Å². The lowest BCUT2D eigenvalue weighted by Crippen LogP contribution is -2.06. The first-order chi connectivity index (χ1) is 8.97. The number of hydrogen-bond donors (Lipinski definition) is 0. The maximum absolute atomic E-state index is 13.2. The lowest BCUT2D eigenvalue weighted by molar-refractivity contribution is 0.0992. The van der Waals surface area contributed by atoms with Gasteiger partial charge in [-0.05, 0) is 48.4 Å². The van der Waals surface area contributed by atoms with Gasteiger partial charge in [-0.1, -0.05) is 33.6 Å². The van der Waals surface area contributed by atoms with Crippen LogP contribution in [-0.4, -0.2) is 5.78 Å². The van der Waals surface area contributed by atoms with Crippen molar-refractivity contribution in [3.63, 3.8) is 0 Å². The molecule has 0 bridgehead atoms. The lowest BCUT2D eigenvalue weighted by atomic mass is 9.99. The second kappa shape index (κ2) is 5.85. The molecule has 0 N–H and O–H groups in total. The molecule has 0 saturated carbocycles. The molecule has 4 heteroatoms. The van der Waals surface area contributed by atoms with Crippen LogP contribution in [-0.2, 0) is 6.42 Å². The number of benzene rings is 2. The molecule has 0 saturated heterocycles. The smallest absolute Gasteiger partial charge is 0.167 e. The number of carbonyl (C=O) groups is 1. The van der Waals surface area contributed by atoms with Crippen LogP contribution in [0.15, 0.2) is 40.9 Å². The first kappa shape index (κ1) is 14.2. The fraction of sp³-hybridized carbons (Fsp3) is 0.133. The summed E-state index contributed by atoms with van der Waals surface area (Å²) in [6.07, 6.45) is 0.138. The van der Waals surface area contributed by atoms with Gasteiger partial charge in [0.05, 0.1) is 0 Å². The lowest BCUT2D eigenvalue weighted by Gasteiger charge is -2.07. The van der Waals surface area contributed by atoms with Gasteiger partial charge in [-0.15, -0.1) is 0 Å². The van der Waals surface area contributed by atoms with Gasteiger partial charge in [0.2, 0.25) is 0 Å². The summed E-state index contributed by atoms with van der Waals surface area (Å²) < 4.78 is 13.9. The molecule has 2 aromatic carbocycles. The van der Waals surface area contributed by atoms with Crippen molar-refractivity contribution >= 4 is 33.3 Å². The molecule has 0 aliphatic carbocycles. The van der Waals surface area contributed by atoms with E-state index in [1.54, 1.807) is 24.3 Å². The third-order valence-electron chi connectivity index (χ3n) is 2.86. The molecule has 0 aromatic heterocycles. The maximum atomic E-state index is 13.2. The van der Waals surface area contributed by atoms with Crippen LogP contribution < -0.4 is 0 Å². The minimum absolute atomic E-state index is 0.0775. The molecule has 0 spiro atoms. The van der Waals surface area contributed by atoms with E-state index in [4.69, 9.17) is 11.6 Å². The summed E-state index contributed by atoms with van der Waals surface area (Å²) in [6.45, 7) is 1.85. The second-order valence-corrected chi connectivity index (χ2v) is 5.59. The summed E-state index contributed by atoms with van der Waals surface area (Å²) in [4.78, 5) is 12.2. The van der Waals surface area contributed by atoms with E-state index < -0.39 is 0 Å². The zero-order valence-electron chi connectivity index (χ0n) is 10.2. The van der Waals surface area contributed by atoms with E-state index in [-0.39, 0.29) is 18.0 Å². The highest BCUT2D eigenvalue weighted by Crippen LogP contribution is 2.22. The number of ketones is 1. The van der Waals surface area contributed by atoms with E-state index >= 15 is 0 Å². The van der Waals surface area contributed by atoms with Crippen LogP contribution in [0.1, 0.15) is 21.5 Å². The standard InChI is InChI=1S/C15H11BrClFO/c1-9-2-3-11(17)8-13(9)15(19)7-10-6-12(18)4-5-14(10)16/h2-6,8H,7H2,1H3. The molecule has 0 heterocycles. The number of rotatable bonds is 3. The molecule has 0 fully saturated rings. The van der Waals surface area contributed by atoms with Gasteiger partial charge in [0.1, 0.15) is 5.82 Å². The Bertz CT molecular complexity index is 640. The molecule has 0 radical (unpaired) electrons. The predicted molar refractivity (Wildman–Crippen MR) is 78.3 cm³/mol. The Morgan fingerprint density at radius 1 is 1.26 bits per heavy atom. The number of hydrogen-bond acceptors (Lipinski definition) is 1. The molecule has 98 valence electrons. The summed E-state index contributed by atoms with van der Waals surface area (Å²) in [7, 11) is 0. The average molecular weight is 342 g/mol. The molecule has 2 aromatic rings. The minimum Gasteiger partial charge on any atom is -0.294 e. The van der Waals surface area contributed by atoms with Crippen molar-refractivity contribution in [1.82, 2.24) is 0 Å². The van der Waals surface area contributed by atoms with E-state index in [0.717, 1.165) is 10.0 Å². The highest BCUT2D eigenvalue weighted by Gasteiger charge is 2.13. The predicted octanol–water partition coefficient (Wildman–Crippen LogP) is 4.98. The van der Waals surface area contributed by atoms with Crippen LogP contribution in [0.4, 0.5) is 4.39 Å². The van der Waals surface area contributed by atoms with E-state index in [0.29, 0.717) is 16.1 Å². The number of Topliss-reactive ketones (excluding diaryl/α,β-unsaturated/α-hetero) is 1. The van der Waals surface area contributed by atoms with Gasteiger partial charge >= 0.3 is 0 Å². The van der Waals surface area contributed by atoms with Crippen LogP contribution in [0, 0.1) is 12.7 Å². The molecule has 0 unspecified atom stereocenters. The molecule has 0 atom stereocenters. The molecule has 0 aliphatic rings. The SMILES string of the molecule is Cc1ccc(Cl)cc1C(=O)Cc1cc(F)ccc1Br. The summed E-state index contributed by atoms with van der Waals surface area (Å²) in [6, 6.07) is 9.50. The second-order valence-electron chi connectivity index (χ2n) is 4.29. The van der Waals surface area contributed by atoms with Crippen molar-refractivity contribution in [2.24, 2.45) is 0 Å². The quantitative estimate of drug-likeness (QED) is 0.720. The highest BCUT2D eigenvalue weighted by molar-refractivity contribution is 9.10. The Kier molecular flexibility index (Phi) is 4.38. The molecule has 0 amide bonds. The van der Waals surface area contributed by atoms with Crippen molar-refractivity contribution in [2.45, 2.75) is 13.3 Å². The normalized spacial score (nSPS) is 10.5. The number of halogens is 3. The van der Waals surface area contributed by atoms with Crippen LogP contribution in [0.3, 0.4) is 0 Å². The molecular formula is C15H11BrClFO. The van der Waals surface area contributed by atoms with Crippen LogP contribution in [0.25, 0.3) is 0 Å². The fourth-order valence-corrected chi connectivity index (χ4v) is 2.40. The van der Waals surface area contributed by atoms with Crippen molar-refractivity contribution in [2.75, 3.05) is 0 Å². The molecule has 1 nitrogen and oxygen atoms in total. The molecular weight excluding hydrogens is 331 g/mol. The van der Waals surface area contributed by atoms with Crippen LogP contribution in [0.5, 0.6) is 0 Å². The van der Waals surface area contributed by atoms with Gasteiger partial charge < -0.3 is 0 Å². The largest absolute Gasteiger partial charge is 0.294 e. The Balaban J connectivity index is 2.30. The average Bonchev–Trinajstić information content (AvgIpc) is 2.36. The zero-order chi connectivity index (χ0) is 14.0. The van der Waals surface area contributed by atoms with Gasteiger partial charge in [0, 0.05) is 21.5 Å². The Labute approximate surface area is 124 Å². The van der Waals surface area contributed by atoms with Crippen molar-refractivity contribution < 1.29 is 9.18 Å². The van der Waals surface area contributed by atoms with Crippen LogP contribution in [0.2, 0.25) is 5.02 Å². The van der Waals surface area contributed by atoms with Crippen molar-refractivity contribution in [3.8, 4) is 0 Å². The Hall–Kier alpha value is -1.19. The molecule has 2 rings (SSSR count). The summed E-state index contributed by atoms with van der Waals surface area (Å²) in [5, 5.41) is 0.521. The zero-order valence-corrected chi connectivity index (χ0v) is 12.6. The third-order valence-corrected chi connectivity index (χ3v) is 3.87. The minimum atomic E-state index is -0.353. The number of aryl methyl sites for hydroxylation is 1. The van der Waals surface area contributed by atoms with Crippen LogP contribution >= 0.6 is 27.5 Å². The van der Waals surface area contributed by atoms with Gasteiger partial charge in [-0.3, -0.25) is 4.79 Å². The van der Waals surface area contributed by atoms with Gasteiger partial charge in [-0.25, -0.2) is 4.39 Å². The van der Waals surface area contributed by atoms with Gasteiger partial charge in [-0.2, -0.15) is 0 Å². The first-order valence-electron chi connectivity index (χ1n) is 5.70. The highest BCUT2D eigenvalue weighted by atomic mass is 79.9. The van der Waals surface area contributed by atoms with E-state index in [1.165, 1.54) is 12.1 Å². The topological polar surface area (TPSA) is 17.1 Å². The monoisotopic (exact) mass is 340 g/mol. The summed E-state index contributed by atoms with van der Waals surface area (Å²) >= 11 is 9.22. The first-order valence-corrected chi connectivity index (χ1v) is 6.88. The summed E-state index contributed by atoms with van der Waals surface area (Å²) in [5.74, 6) is -0.430. The van der Waals surface area contributed by atoms with E-state index in [1.807, 2.05) is 6.92 Å². The molecule has 0 aliphatic heterocycles.